The Bertz CT molecular complexity index is 739. The standard InChI is InChI=1S/C13H9ClIN3S/c14-8-1-4-10(5-2-8)19-13-12(16)17-11-6-3-9(15)7-18(11)13/h1-7H,16H2. The van der Waals surface area contributed by atoms with Gasteiger partial charge in [0, 0.05) is 19.7 Å². The number of hydrogen-bond donors (Lipinski definition) is 1. The molecule has 0 saturated carbocycles. The molecule has 0 atom stereocenters. The summed E-state index contributed by atoms with van der Waals surface area (Å²) < 4.78 is 3.15. The first kappa shape index (κ1) is 13.1. The van der Waals surface area contributed by atoms with Crippen LogP contribution in [0.15, 0.2) is 52.5 Å². The number of nitrogen functional groups attached to an aromatic ring is 1. The number of aromatic nitrogens is 2. The van der Waals surface area contributed by atoms with Crippen LogP contribution < -0.4 is 5.73 Å². The van der Waals surface area contributed by atoms with Gasteiger partial charge in [0.15, 0.2) is 5.82 Å². The molecule has 6 heteroatoms. The van der Waals surface area contributed by atoms with Crippen LogP contribution in [-0.2, 0) is 0 Å². The van der Waals surface area contributed by atoms with Crippen molar-refractivity contribution in [2.45, 2.75) is 9.92 Å². The summed E-state index contributed by atoms with van der Waals surface area (Å²) in [5.74, 6) is 0.543. The van der Waals surface area contributed by atoms with Crippen molar-refractivity contribution in [3.8, 4) is 0 Å². The Kier molecular flexibility index (Phi) is 3.60. The minimum absolute atomic E-state index is 0.543. The predicted octanol–water partition coefficient (Wildman–Crippen LogP) is 4.33. The maximum Gasteiger partial charge on any atom is 0.157 e. The van der Waals surface area contributed by atoms with E-state index >= 15 is 0 Å². The number of hydrogen-bond acceptors (Lipinski definition) is 3. The number of fused-ring (bicyclic) bond motifs is 1. The van der Waals surface area contributed by atoms with E-state index in [4.69, 9.17) is 17.3 Å². The minimum atomic E-state index is 0.543. The molecule has 0 aliphatic heterocycles. The highest BCUT2D eigenvalue weighted by Gasteiger charge is 2.11. The van der Waals surface area contributed by atoms with Crippen LogP contribution in [0.2, 0.25) is 5.02 Å². The van der Waals surface area contributed by atoms with E-state index in [1.54, 1.807) is 11.8 Å². The molecule has 96 valence electrons. The van der Waals surface area contributed by atoms with Crippen LogP contribution in [0, 0.1) is 3.57 Å². The second-order valence-electron chi connectivity index (χ2n) is 3.93. The summed E-state index contributed by atoms with van der Waals surface area (Å²) in [5.41, 5.74) is 6.86. The minimum Gasteiger partial charge on any atom is -0.381 e. The fourth-order valence-corrected chi connectivity index (χ4v) is 3.21. The lowest BCUT2D eigenvalue weighted by Gasteiger charge is -2.03. The van der Waals surface area contributed by atoms with Crippen molar-refractivity contribution in [1.82, 2.24) is 9.38 Å². The number of benzene rings is 1. The van der Waals surface area contributed by atoms with Crippen molar-refractivity contribution in [3.05, 3.63) is 51.2 Å². The number of pyridine rings is 1. The quantitative estimate of drug-likeness (QED) is 0.650. The lowest BCUT2D eigenvalue weighted by molar-refractivity contribution is 1.04. The highest BCUT2D eigenvalue weighted by Crippen LogP contribution is 2.33. The van der Waals surface area contributed by atoms with Crippen molar-refractivity contribution >= 4 is 57.4 Å². The lowest BCUT2D eigenvalue weighted by atomic mass is 10.4. The molecule has 0 saturated heterocycles. The third kappa shape index (κ3) is 2.68. The summed E-state index contributed by atoms with van der Waals surface area (Å²) >= 11 is 9.74. The zero-order chi connectivity index (χ0) is 13.4. The van der Waals surface area contributed by atoms with Gasteiger partial charge in [0.1, 0.15) is 10.7 Å². The molecular formula is C13H9ClIN3S. The molecule has 0 fully saturated rings. The van der Waals surface area contributed by atoms with Crippen molar-refractivity contribution < 1.29 is 0 Å². The van der Waals surface area contributed by atoms with E-state index in [2.05, 4.69) is 27.6 Å². The van der Waals surface area contributed by atoms with Crippen LogP contribution in [0.1, 0.15) is 0 Å². The van der Waals surface area contributed by atoms with Crippen molar-refractivity contribution in [1.29, 1.82) is 0 Å². The number of nitrogens with zero attached hydrogens (tertiary/aromatic N) is 2. The molecule has 3 aromatic rings. The summed E-state index contributed by atoms with van der Waals surface area (Å²) in [6, 6.07) is 11.7. The predicted molar refractivity (Wildman–Crippen MR) is 87.9 cm³/mol. The molecule has 2 heterocycles. The van der Waals surface area contributed by atoms with Crippen LogP contribution in [-0.4, -0.2) is 9.38 Å². The average molecular weight is 402 g/mol. The molecule has 3 rings (SSSR count). The maximum atomic E-state index is 6.00. The first-order chi connectivity index (χ1) is 9.13. The highest BCUT2D eigenvalue weighted by molar-refractivity contribution is 14.1. The third-order valence-corrected chi connectivity index (χ3v) is 4.59. The molecule has 0 aliphatic carbocycles. The zero-order valence-corrected chi connectivity index (χ0v) is 13.4. The van der Waals surface area contributed by atoms with Gasteiger partial charge in [0.25, 0.3) is 0 Å². The Morgan fingerprint density at radius 1 is 1.16 bits per heavy atom. The SMILES string of the molecule is Nc1nc2ccc(I)cn2c1Sc1ccc(Cl)cc1. The summed E-state index contributed by atoms with van der Waals surface area (Å²) in [4.78, 5) is 5.44. The normalized spacial score (nSPS) is 11.1. The molecular weight excluding hydrogens is 393 g/mol. The van der Waals surface area contributed by atoms with Crippen LogP contribution in [0.3, 0.4) is 0 Å². The molecule has 0 radical (unpaired) electrons. The van der Waals surface area contributed by atoms with Gasteiger partial charge < -0.3 is 5.73 Å². The second-order valence-corrected chi connectivity index (χ2v) is 6.68. The smallest absolute Gasteiger partial charge is 0.157 e. The largest absolute Gasteiger partial charge is 0.381 e. The summed E-state index contributed by atoms with van der Waals surface area (Å²) in [6.07, 6.45) is 2.03. The first-order valence-electron chi connectivity index (χ1n) is 5.50. The van der Waals surface area contributed by atoms with Gasteiger partial charge in [0.2, 0.25) is 0 Å². The molecule has 0 unspecified atom stereocenters. The molecule has 19 heavy (non-hydrogen) atoms. The molecule has 2 N–H and O–H groups in total. The summed E-state index contributed by atoms with van der Waals surface area (Å²) in [6.45, 7) is 0. The molecule has 3 nitrogen and oxygen atoms in total. The van der Waals surface area contributed by atoms with Gasteiger partial charge in [-0.05, 0) is 59.0 Å². The van der Waals surface area contributed by atoms with Gasteiger partial charge in [-0.15, -0.1) is 0 Å². The number of nitrogens with two attached hydrogens (primary N) is 1. The van der Waals surface area contributed by atoms with Gasteiger partial charge >= 0.3 is 0 Å². The van der Waals surface area contributed by atoms with Gasteiger partial charge in [-0.25, -0.2) is 4.98 Å². The average Bonchev–Trinajstić information content (AvgIpc) is 2.69. The lowest BCUT2D eigenvalue weighted by Crippen LogP contribution is -1.90. The van der Waals surface area contributed by atoms with E-state index in [0.29, 0.717) is 5.82 Å². The number of rotatable bonds is 2. The van der Waals surface area contributed by atoms with E-state index < -0.39 is 0 Å². The Labute approximate surface area is 133 Å². The number of anilines is 1. The Morgan fingerprint density at radius 3 is 2.63 bits per heavy atom. The van der Waals surface area contributed by atoms with Gasteiger partial charge in [0.05, 0.1) is 0 Å². The summed E-state index contributed by atoms with van der Waals surface area (Å²) in [5, 5.41) is 1.65. The van der Waals surface area contributed by atoms with Crippen LogP contribution in [0.4, 0.5) is 5.82 Å². The van der Waals surface area contributed by atoms with E-state index in [0.717, 1.165) is 24.2 Å². The van der Waals surface area contributed by atoms with E-state index in [1.807, 2.05) is 47.0 Å². The Balaban J connectivity index is 2.06. The maximum absolute atomic E-state index is 6.00. The molecule has 0 aliphatic rings. The fourth-order valence-electron chi connectivity index (χ4n) is 1.73. The van der Waals surface area contributed by atoms with E-state index in [-0.39, 0.29) is 0 Å². The summed E-state index contributed by atoms with van der Waals surface area (Å²) in [7, 11) is 0. The molecule has 0 spiro atoms. The van der Waals surface area contributed by atoms with Gasteiger partial charge in [-0.2, -0.15) is 0 Å². The molecule has 1 aromatic carbocycles. The van der Waals surface area contributed by atoms with Crippen molar-refractivity contribution in [3.63, 3.8) is 0 Å². The number of halogens is 2. The topological polar surface area (TPSA) is 43.3 Å². The first-order valence-corrected chi connectivity index (χ1v) is 7.77. The zero-order valence-electron chi connectivity index (χ0n) is 9.68. The van der Waals surface area contributed by atoms with Gasteiger partial charge in [-0.1, -0.05) is 23.4 Å². The molecule has 0 bridgehead atoms. The highest BCUT2D eigenvalue weighted by atomic mass is 127. The monoisotopic (exact) mass is 401 g/mol. The Hall–Kier alpha value is -0.920. The van der Waals surface area contributed by atoms with Crippen LogP contribution in [0.25, 0.3) is 5.65 Å². The van der Waals surface area contributed by atoms with Crippen molar-refractivity contribution in [2.75, 3.05) is 5.73 Å². The van der Waals surface area contributed by atoms with Crippen LogP contribution in [0.5, 0.6) is 0 Å². The number of imidazole rings is 1. The van der Waals surface area contributed by atoms with E-state index in [1.165, 1.54) is 0 Å². The second kappa shape index (κ2) is 5.22. The Morgan fingerprint density at radius 2 is 1.89 bits per heavy atom. The van der Waals surface area contributed by atoms with E-state index in [9.17, 15) is 0 Å². The van der Waals surface area contributed by atoms with Gasteiger partial charge in [-0.3, -0.25) is 4.40 Å². The molecule has 2 aromatic heterocycles. The third-order valence-electron chi connectivity index (χ3n) is 2.59. The fraction of sp³-hybridized carbons (Fsp3) is 0. The molecule has 0 amide bonds. The van der Waals surface area contributed by atoms with Crippen molar-refractivity contribution in [2.24, 2.45) is 0 Å². The van der Waals surface area contributed by atoms with Crippen LogP contribution >= 0.6 is 46.0 Å².